The largest absolute Gasteiger partial charge is 0.497 e. The lowest BCUT2D eigenvalue weighted by Crippen LogP contribution is -2.51. The number of nitrogens with one attached hydrogen (secondary N) is 2. The van der Waals surface area contributed by atoms with Crippen molar-refractivity contribution in [1.29, 1.82) is 0 Å². The Morgan fingerprint density at radius 2 is 2.04 bits per heavy atom. The predicted molar refractivity (Wildman–Crippen MR) is 91.1 cm³/mol. The van der Waals surface area contributed by atoms with Crippen molar-refractivity contribution in [3.63, 3.8) is 0 Å². The molecule has 0 aromatic heterocycles. The van der Waals surface area contributed by atoms with Crippen molar-refractivity contribution in [3.05, 3.63) is 24.3 Å². The van der Waals surface area contributed by atoms with Crippen LogP contribution in [0.15, 0.2) is 24.3 Å². The summed E-state index contributed by atoms with van der Waals surface area (Å²) < 4.78 is 9.94. The normalized spacial score (nSPS) is 20.0. The molecule has 1 saturated heterocycles. The van der Waals surface area contributed by atoms with Crippen molar-refractivity contribution < 1.29 is 23.9 Å². The van der Waals surface area contributed by atoms with Crippen LogP contribution >= 0.6 is 11.8 Å². The van der Waals surface area contributed by atoms with E-state index >= 15 is 0 Å². The average Bonchev–Trinajstić information content (AvgIpc) is 2.57. The van der Waals surface area contributed by atoms with Crippen LogP contribution in [0.3, 0.4) is 0 Å². The smallest absolute Gasteiger partial charge is 0.329 e. The molecule has 1 unspecified atom stereocenters. The molecular weight excluding hydrogens is 332 g/mol. The number of hydrogen-bond donors (Lipinski definition) is 2. The highest BCUT2D eigenvalue weighted by Crippen LogP contribution is 2.22. The van der Waals surface area contributed by atoms with Crippen LogP contribution in [-0.4, -0.2) is 48.5 Å². The van der Waals surface area contributed by atoms with Gasteiger partial charge in [-0.15, -0.1) is 11.8 Å². The van der Waals surface area contributed by atoms with E-state index in [0.717, 1.165) is 0 Å². The zero-order valence-corrected chi connectivity index (χ0v) is 14.4. The van der Waals surface area contributed by atoms with Gasteiger partial charge in [0.25, 0.3) is 0 Å². The fourth-order valence-corrected chi connectivity index (χ4v) is 3.30. The third-order valence-corrected chi connectivity index (χ3v) is 4.70. The van der Waals surface area contributed by atoms with Crippen LogP contribution in [0.1, 0.15) is 13.3 Å². The van der Waals surface area contributed by atoms with E-state index in [1.807, 2.05) is 0 Å². The number of hydrogen-bond acceptors (Lipinski definition) is 6. The van der Waals surface area contributed by atoms with Crippen molar-refractivity contribution in [3.8, 4) is 5.75 Å². The second-order valence-electron chi connectivity index (χ2n) is 5.12. The van der Waals surface area contributed by atoms with Crippen LogP contribution in [0, 0.1) is 0 Å². The molecule has 0 radical (unpaired) electrons. The first-order valence-electron chi connectivity index (χ1n) is 7.56. The zero-order valence-electron chi connectivity index (χ0n) is 13.5. The number of rotatable bonds is 6. The van der Waals surface area contributed by atoms with E-state index in [9.17, 15) is 14.4 Å². The second kappa shape index (κ2) is 8.58. The summed E-state index contributed by atoms with van der Waals surface area (Å²) in [7, 11) is 1.57. The summed E-state index contributed by atoms with van der Waals surface area (Å²) in [6.45, 7) is 1.98. The molecule has 1 fully saturated rings. The maximum absolute atomic E-state index is 12.1. The predicted octanol–water partition coefficient (Wildman–Crippen LogP) is 1.19. The average molecular weight is 352 g/mol. The van der Waals surface area contributed by atoms with Gasteiger partial charge in [-0.1, -0.05) is 0 Å². The third kappa shape index (κ3) is 4.89. The topological polar surface area (TPSA) is 93.7 Å². The molecule has 2 atom stereocenters. The van der Waals surface area contributed by atoms with Crippen molar-refractivity contribution in [2.24, 2.45) is 0 Å². The van der Waals surface area contributed by atoms with E-state index < -0.39 is 17.3 Å². The van der Waals surface area contributed by atoms with Gasteiger partial charge in [0.1, 0.15) is 11.8 Å². The lowest BCUT2D eigenvalue weighted by molar-refractivity contribution is -0.146. The van der Waals surface area contributed by atoms with Crippen LogP contribution in [-0.2, 0) is 19.1 Å². The highest BCUT2D eigenvalue weighted by atomic mass is 32.2. The van der Waals surface area contributed by atoms with Crippen LogP contribution in [0.25, 0.3) is 0 Å². The van der Waals surface area contributed by atoms with Gasteiger partial charge in [-0.25, -0.2) is 4.79 Å². The van der Waals surface area contributed by atoms with Gasteiger partial charge in [0, 0.05) is 17.9 Å². The standard InChI is InChI=1S/C16H20N2O5S/c1-3-23-16(21)12-9-24-13(15(20)18-12)8-14(19)17-10-4-6-11(22-2)7-5-10/h4-7,12-13H,3,8-9H2,1-2H3,(H,17,19)(H,18,20)/t12-,13?/m1/s1. The molecule has 2 rings (SSSR count). The molecule has 130 valence electrons. The summed E-state index contributed by atoms with van der Waals surface area (Å²) in [5.41, 5.74) is 0.631. The van der Waals surface area contributed by atoms with Crippen LogP contribution in [0.2, 0.25) is 0 Å². The SMILES string of the molecule is CCOC(=O)[C@H]1CSC(CC(=O)Nc2ccc(OC)cc2)C(=O)N1. The Balaban J connectivity index is 1.84. The van der Waals surface area contributed by atoms with Gasteiger partial charge in [-0.2, -0.15) is 0 Å². The van der Waals surface area contributed by atoms with Gasteiger partial charge in [0.2, 0.25) is 11.8 Å². The number of ether oxygens (including phenoxy) is 2. The Kier molecular flexibility index (Phi) is 6.48. The van der Waals surface area contributed by atoms with Crippen molar-refractivity contribution in [2.45, 2.75) is 24.6 Å². The summed E-state index contributed by atoms with van der Waals surface area (Å²) in [6, 6.07) is 6.27. The molecule has 0 aliphatic carbocycles. The second-order valence-corrected chi connectivity index (χ2v) is 6.35. The van der Waals surface area contributed by atoms with Gasteiger partial charge >= 0.3 is 5.97 Å². The molecular formula is C16H20N2O5S. The van der Waals surface area contributed by atoms with Crippen molar-refractivity contribution >= 4 is 35.2 Å². The van der Waals surface area contributed by atoms with Gasteiger partial charge in [-0.3, -0.25) is 9.59 Å². The minimum Gasteiger partial charge on any atom is -0.497 e. The first-order valence-corrected chi connectivity index (χ1v) is 8.61. The monoisotopic (exact) mass is 352 g/mol. The van der Waals surface area contributed by atoms with Gasteiger partial charge in [-0.05, 0) is 31.2 Å². The number of benzene rings is 1. The molecule has 0 spiro atoms. The van der Waals surface area contributed by atoms with Crippen molar-refractivity contribution in [2.75, 3.05) is 24.8 Å². The van der Waals surface area contributed by atoms with Gasteiger partial charge in [0.05, 0.1) is 19.0 Å². The fraction of sp³-hybridized carbons (Fsp3) is 0.438. The molecule has 24 heavy (non-hydrogen) atoms. The molecule has 7 nitrogen and oxygen atoms in total. The zero-order chi connectivity index (χ0) is 17.5. The van der Waals surface area contributed by atoms with Crippen LogP contribution < -0.4 is 15.4 Å². The Morgan fingerprint density at radius 1 is 1.33 bits per heavy atom. The highest BCUT2D eigenvalue weighted by Gasteiger charge is 2.34. The molecule has 1 aromatic carbocycles. The summed E-state index contributed by atoms with van der Waals surface area (Å²) in [6.07, 6.45) is 0.0398. The number of esters is 1. The van der Waals surface area contributed by atoms with E-state index in [0.29, 0.717) is 17.2 Å². The first kappa shape index (κ1) is 18.1. The van der Waals surface area contributed by atoms with E-state index in [-0.39, 0.29) is 24.8 Å². The lowest BCUT2D eigenvalue weighted by atomic mass is 10.2. The van der Waals surface area contributed by atoms with E-state index in [1.54, 1.807) is 38.3 Å². The lowest BCUT2D eigenvalue weighted by Gasteiger charge is -2.27. The molecule has 1 aliphatic heterocycles. The molecule has 0 saturated carbocycles. The minimum absolute atomic E-state index is 0.0398. The molecule has 8 heteroatoms. The van der Waals surface area contributed by atoms with E-state index in [4.69, 9.17) is 9.47 Å². The quantitative estimate of drug-likeness (QED) is 0.747. The molecule has 1 aliphatic rings. The van der Waals surface area contributed by atoms with Gasteiger partial charge < -0.3 is 20.1 Å². The maximum atomic E-state index is 12.1. The molecule has 2 N–H and O–H groups in total. The Hall–Kier alpha value is -2.22. The number of thioether (sulfide) groups is 1. The van der Waals surface area contributed by atoms with Crippen molar-refractivity contribution in [1.82, 2.24) is 5.32 Å². The first-order chi connectivity index (χ1) is 11.5. The summed E-state index contributed by atoms with van der Waals surface area (Å²) in [5, 5.41) is 4.82. The van der Waals surface area contributed by atoms with Gasteiger partial charge in [0.15, 0.2) is 0 Å². The summed E-state index contributed by atoms with van der Waals surface area (Å²) in [4.78, 5) is 35.7. The van der Waals surface area contributed by atoms with E-state index in [1.165, 1.54) is 11.8 Å². The number of methoxy groups -OCH3 is 1. The molecule has 1 heterocycles. The maximum Gasteiger partial charge on any atom is 0.329 e. The number of carbonyl (C=O) groups excluding carboxylic acids is 3. The number of anilines is 1. The van der Waals surface area contributed by atoms with E-state index in [2.05, 4.69) is 10.6 Å². The summed E-state index contributed by atoms with van der Waals surface area (Å²) in [5.74, 6) is 0.0571. The molecule has 0 bridgehead atoms. The molecule has 2 amide bonds. The number of carbonyl (C=O) groups is 3. The molecule has 1 aromatic rings. The fourth-order valence-electron chi connectivity index (χ4n) is 2.17. The Morgan fingerprint density at radius 3 is 2.62 bits per heavy atom. The Bertz CT molecular complexity index is 605. The van der Waals surface area contributed by atoms with Crippen LogP contribution in [0.4, 0.5) is 5.69 Å². The number of amides is 2. The Labute approximate surface area is 144 Å². The highest BCUT2D eigenvalue weighted by molar-refractivity contribution is 8.00. The summed E-state index contributed by atoms with van der Waals surface area (Å²) >= 11 is 1.28. The third-order valence-electron chi connectivity index (χ3n) is 3.39. The minimum atomic E-state index is -0.650. The van der Waals surface area contributed by atoms with Crippen LogP contribution in [0.5, 0.6) is 5.75 Å².